The summed E-state index contributed by atoms with van der Waals surface area (Å²) in [4.78, 5) is 37.5. The summed E-state index contributed by atoms with van der Waals surface area (Å²) in [6.45, 7) is 4.90. The fraction of sp³-hybridized carbons (Fsp3) is 0.806. The SMILES string of the molecule is CCCCC(C(=O)O)N(Cc1cn(CCOCCO[C@@H]2O[C@H](CO)[C@H](O)[C@H](O)[C@H]2NC(C)=O)nn1)Cc1cn(CCOCCO[C@@H]2O[C@H](CO)[C@H](O)[C@H](O)[C@H]2NC(C)=O)nn1. The van der Waals surface area contributed by atoms with Crippen molar-refractivity contribution >= 4 is 17.8 Å². The lowest BCUT2D eigenvalue weighted by Gasteiger charge is -2.42. The van der Waals surface area contributed by atoms with Gasteiger partial charge in [-0.15, -0.1) is 10.2 Å². The van der Waals surface area contributed by atoms with Crippen LogP contribution in [0.1, 0.15) is 51.4 Å². The molecular formula is C36H61N9O16. The normalized spacial score (nSPS) is 27.2. The van der Waals surface area contributed by atoms with Gasteiger partial charge >= 0.3 is 5.97 Å². The lowest BCUT2D eigenvalue weighted by molar-refractivity contribution is -0.272. The van der Waals surface area contributed by atoms with E-state index in [1.165, 1.54) is 13.8 Å². The molecule has 4 heterocycles. The number of aliphatic hydroxyl groups is 6. The fourth-order valence-electron chi connectivity index (χ4n) is 6.79. The fourth-order valence-corrected chi connectivity index (χ4v) is 6.79. The molecule has 0 radical (unpaired) electrons. The van der Waals surface area contributed by atoms with Crippen LogP contribution in [0.25, 0.3) is 0 Å². The van der Waals surface area contributed by atoms with E-state index in [1.54, 1.807) is 26.7 Å². The summed E-state index contributed by atoms with van der Waals surface area (Å²) >= 11 is 0. The molecule has 1 unspecified atom stereocenters. The Morgan fingerprint density at radius 1 is 0.738 bits per heavy atom. The molecule has 2 aromatic heterocycles. The van der Waals surface area contributed by atoms with E-state index in [9.17, 15) is 50.1 Å². The van der Waals surface area contributed by atoms with Crippen molar-refractivity contribution in [3.05, 3.63) is 23.8 Å². The van der Waals surface area contributed by atoms with Gasteiger partial charge < -0.3 is 74.8 Å². The molecule has 9 N–H and O–H groups in total. The van der Waals surface area contributed by atoms with Gasteiger partial charge in [0.25, 0.3) is 0 Å². The van der Waals surface area contributed by atoms with Gasteiger partial charge in [0.05, 0.1) is 77.3 Å². The molecule has 0 bridgehead atoms. The maximum absolute atomic E-state index is 12.4. The van der Waals surface area contributed by atoms with Crippen molar-refractivity contribution in [1.29, 1.82) is 0 Å². The highest BCUT2D eigenvalue weighted by molar-refractivity contribution is 5.74. The number of amides is 2. The largest absolute Gasteiger partial charge is 0.480 e. The Balaban J connectivity index is 1.23. The number of rotatable bonds is 27. The van der Waals surface area contributed by atoms with Crippen molar-refractivity contribution in [2.45, 2.75) is 134 Å². The van der Waals surface area contributed by atoms with Gasteiger partial charge in [-0.1, -0.05) is 30.2 Å². The molecule has 0 aromatic carbocycles. The number of carbonyl (C=O) groups is 3. The van der Waals surface area contributed by atoms with Gasteiger partial charge in [-0.3, -0.25) is 19.3 Å². The number of hydrogen-bond acceptors (Lipinski definition) is 20. The number of aromatic nitrogens is 6. The van der Waals surface area contributed by atoms with Crippen LogP contribution < -0.4 is 10.6 Å². The lowest BCUT2D eigenvalue weighted by atomic mass is 9.97. The van der Waals surface area contributed by atoms with Crippen LogP contribution in [-0.4, -0.2) is 209 Å². The first-order valence-corrected chi connectivity index (χ1v) is 20.2. The van der Waals surface area contributed by atoms with Crippen LogP contribution in [0.3, 0.4) is 0 Å². The molecule has 0 aliphatic carbocycles. The molecule has 61 heavy (non-hydrogen) atoms. The predicted molar refractivity (Wildman–Crippen MR) is 205 cm³/mol. The summed E-state index contributed by atoms with van der Waals surface area (Å²) in [6.07, 6.45) is -4.92. The second-order valence-electron chi connectivity index (χ2n) is 14.7. The molecule has 2 amide bonds. The number of aliphatic carboxylic acids is 1. The van der Waals surface area contributed by atoms with Crippen LogP contribution >= 0.6 is 0 Å². The second-order valence-corrected chi connectivity index (χ2v) is 14.7. The zero-order valence-corrected chi connectivity index (χ0v) is 34.5. The Labute approximate surface area is 351 Å². The molecule has 4 rings (SSSR count). The van der Waals surface area contributed by atoms with Crippen LogP contribution in [0, 0.1) is 0 Å². The minimum absolute atomic E-state index is 0.00540. The van der Waals surface area contributed by atoms with Gasteiger partial charge in [0.2, 0.25) is 11.8 Å². The van der Waals surface area contributed by atoms with Gasteiger partial charge in [0.15, 0.2) is 12.6 Å². The minimum Gasteiger partial charge on any atom is -0.480 e. The van der Waals surface area contributed by atoms with Crippen molar-refractivity contribution in [3.63, 3.8) is 0 Å². The molecule has 346 valence electrons. The molecular weight excluding hydrogens is 814 g/mol. The molecule has 25 nitrogen and oxygen atoms in total. The highest BCUT2D eigenvalue weighted by Gasteiger charge is 2.46. The smallest absolute Gasteiger partial charge is 0.320 e. The zero-order chi connectivity index (χ0) is 44.5. The summed E-state index contributed by atoms with van der Waals surface area (Å²) < 4.78 is 36.8. The third-order valence-electron chi connectivity index (χ3n) is 9.91. The first-order chi connectivity index (χ1) is 29.3. The van der Waals surface area contributed by atoms with Crippen molar-refractivity contribution in [2.75, 3.05) is 52.9 Å². The summed E-state index contributed by atoms with van der Waals surface area (Å²) in [5, 5.41) is 92.1. The predicted octanol–water partition coefficient (Wildman–Crippen LogP) is -4.53. The van der Waals surface area contributed by atoms with Gasteiger partial charge in [-0.05, 0) is 6.42 Å². The van der Waals surface area contributed by atoms with Gasteiger partial charge in [-0.25, -0.2) is 9.36 Å². The highest BCUT2D eigenvalue weighted by atomic mass is 16.7. The van der Waals surface area contributed by atoms with Crippen LogP contribution in [0.4, 0.5) is 0 Å². The van der Waals surface area contributed by atoms with E-state index >= 15 is 0 Å². The summed E-state index contributed by atoms with van der Waals surface area (Å²) in [5.41, 5.74) is 1.04. The van der Waals surface area contributed by atoms with Crippen LogP contribution in [0.5, 0.6) is 0 Å². The Bertz CT molecular complexity index is 1520. The summed E-state index contributed by atoms with van der Waals surface area (Å²) in [5.74, 6) is -1.92. The lowest BCUT2D eigenvalue weighted by Crippen LogP contribution is -2.64. The molecule has 0 spiro atoms. The Morgan fingerprint density at radius 3 is 1.56 bits per heavy atom. The van der Waals surface area contributed by atoms with E-state index in [0.717, 1.165) is 6.42 Å². The molecule has 11 atom stereocenters. The number of ether oxygens (including phenoxy) is 6. The van der Waals surface area contributed by atoms with E-state index < -0.39 is 98.3 Å². The summed E-state index contributed by atoms with van der Waals surface area (Å²) in [7, 11) is 0. The number of aliphatic hydroxyl groups excluding tert-OH is 6. The first kappa shape index (κ1) is 49.8. The van der Waals surface area contributed by atoms with Crippen LogP contribution in [0.2, 0.25) is 0 Å². The molecule has 2 fully saturated rings. The molecule has 0 saturated carbocycles. The number of carbonyl (C=O) groups excluding carboxylic acids is 2. The molecule has 25 heteroatoms. The van der Waals surface area contributed by atoms with Crippen molar-refractivity contribution in [3.8, 4) is 0 Å². The molecule has 2 saturated heterocycles. The number of carboxylic acids is 1. The van der Waals surface area contributed by atoms with Gasteiger partial charge in [-0.2, -0.15) is 0 Å². The average Bonchev–Trinajstić information content (AvgIpc) is 3.87. The highest BCUT2D eigenvalue weighted by Crippen LogP contribution is 2.24. The Morgan fingerprint density at radius 2 is 1.18 bits per heavy atom. The Hall–Kier alpha value is -3.83. The maximum atomic E-state index is 12.4. The number of nitrogens with zero attached hydrogens (tertiary/aromatic N) is 7. The Kier molecular flexibility index (Phi) is 20.7. The molecule has 2 aromatic rings. The quantitative estimate of drug-likeness (QED) is 0.0382. The first-order valence-electron chi connectivity index (χ1n) is 20.2. The van der Waals surface area contributed by atoms with Gasteiger partial charge in [0, 0.05) is 39.3 Å². The molecule has 2 aliphatic rings. The van der Waals surface area contributed by atoms with E-state index in [-0.39, 0.29) is 52.7 Å². The topological polar surface area (TPSA) is 337 Å². The second kappa shape index (κ2) is 25.3. The standard InChI is InChI=1S/C36H61N9O16/c1-4-5-6-25(34(54)55)43(15-23-17-44(41-39-23)7-9-56-11-13-58-35-28(37-21(2)48)32(52)30(50)26(19-46)60-35)16-24-18-45(42-40-24)8-10-57-12-14-59-36-29(38-22(3)49)33(53)31(51)27(20-47)61-36/h17-18,25-33,35-36,46-47,50-53H,4-16,19-20H2,1-3H3,(H,37,48)(H,38,49)(H,54,55)/t25?,26-,27-,28-,29-,30+,31+,32-,33-,35-,36-/m1/s1. The van der Waals surface area contributed by atoms with Crippen molar-refractivity contribution < 1.29 is 78.6 Å². The molecule has 2 aliphatic heterocycles. The van der Waals surface area contributed by atoms with Gasteiger partial charge in [0.1, 0.15) is 54.7 Å². The van der Waals surface area contributed by atoms with Crippen LogP contribution in [0.15, 0.2) is 12.4 Å². The van der Waals surface area contributed by atoms with E-state index in [2.05, 4.69) is 31.3 Å². The van der Waals surface area contributed by atoms with Crippen LogP contribution in [-0.2, 0) is 69.0 Å². The summed E-state index contributed by atoms with van der Waals surface area (Å²) in [6, 6.07) is -2.97. The third-order valence-corrected chi connectivity index (χ3v) is 9.91. The van der Waals surface area contributed by atoms with Crippen molar-refractivity contribution in [2.24, 2.45) is 0 Å². The van der Waals surface area contributed by atoms with E-state index in [4.69, 9.17) is 28.4 Å². The third kappa shape index (κ3) is 15.2. The van der Waals surface area contributed by atoms with Crippen molar-refractivity contribution in [1.82, 2.24) is 45.5 Å². The number of carboxylic acid groups (broad SMARTS) is 1. The minimum atomic E-state index is -1.43. The number of unbranched alkanes of at least 4 members (excludes halogenated alkanes) is 1. The monoisotopic (exact) mass is 875 g/mol. The number of hydrogen-bond donors (Lipinski definition) is 9. The zero-order valence-electron chi connectivity index (χ0n) is 34.5. The van der Waals surface area contributed by atoms with E-state index in [1.807, 2.05) is 6.92 Å². The average molecular weight is 876 g/mol. The maximum Gasteiger partial charge on any atom is 0.320 e. The number of nitrogens with one attached hydrogen (secondary N) is 2. The van der Waals surface area contributed by atoms with E-state index in [0.29, 0.717) is 37.3 Å².